The van der Waals surface area contributed by atoms with Gasteiger partial charge in [-0.2, -0.15) is 0 Å². The Kier molecular flexibility index (Phi) is 3.69. The van der Waals surface area contributed by atoms with Crippen molar-refractivity contribution in [2.75, 3.05) is 14.2 Å². The van der Waals surface area contributed by atoms with Crippen LogP contribution in [0.25, 0.3) is 0 Å². The van der Waals surface area contributed by atoms with Gasteiger partial charge in [-0.15, -0.1) is 0 Å². The van der Waals surface area contributed by atoms with Gasteiger partial charge in [-0.3, -0.25) is 4.79 Å². The number of ketones is 1. The van der Waals surface area contributed by atoms with Gasteiger partial charge in [-0.1, -0.05) is 0 Å². The third kappa shape index (κ3) is 2.57. The maximum atomic E-state index is 10.9. The predicted octanol–water partition coefficient (Wildman–Crippen LogP) is 1.36. The Labute approximate surface area is 73.0 Å². The number of carbonyl (C=O) groups excluding carboxylic acids is 1. The first-order valence-electron chi connectivity index (χ1n) is 4.33. The molecule has 1 saturated carbocycles. The number of hydrogen-bond acceptors (Lipinski definition) is 3. The quantitative estimate of drug-likeness (QED) is 0.601. The van der Waals surface area contributed by atoms with E-state index in [1.807, 2.05) is 0 Å². The fraction of sp³-hybridized carbons (Fsp3) is 0.889. The smallest absolute Gasteiger partial charge is 0.157 e. The first kappa shape index (κ1) is 9.68. The van der Waals surface area contributed by atoms with E-state index in [2.05, 4.69) is 0 Å². The summed E-state index contributed by atoms with van der Waals surface area (Å²) in [5.74, 6) is 0.855. The molecule has 1 fully saturated rings. The number of ether oxygens (including phenoxy) is 2. The van der Waals surface area contributed by atoms with Crippen molar-refractivity contribution in [3.63, 3.8) is 0 Å². The molecule has 0 aromatic rings. The highest BCUT2D eigenvalue weighted by Gasteiger charge is 2.24. The fourth-order valence-electron chi connectivity index (χ4n) is 1.65. The molecule has 0 N–H and O–H groups in total. The van der Waals surface area contributed by atoms with Gasteiger partial charge in [0, 0.05) is 33.5 Å². The van der Waals surface area contributed by atoms with Crippen molar-refractivity contribution >= 4 is 5.78 Å². The third-order valence-electron chi connectivity index (χ3n) is 2.40. The highest BCUT2D eigenvalue weighted by Crippen LogP contribution is 2.26. The van der Waals surface area contributed by atoms with Crippen LogP contribution in [0, 0.1) is 5.92 Å². The standard InChI is InChI=1S/C9H16O3/c1-11-9(12-2)6-7-3-4-8(10)5-7/h7,9H,3-6H2,1-2H3/t7-/m0/s1. The van der Waals surface area contributed by atoms with Crippen LogP contribution in [-0.4, -0.2) is 26.3 Å². The molecule has 70 valence electrons. The van der Waals surface area contributed by atoms with Crippen molar-refractivity contribution in [1.29, 1.82) is 0 Å². The molecule has 0 saturated heterocycles. The van der Waals surface area contributed by atoms with E-state index in [1.165, 1.54) is 0 Å². The van der Waals surface area contributed by atoms with Gasteiger partial charge in [0.05, 0.1) is 0 Å². The van der Waals surface area contributed by atoms with Crippen LogP contribution in [0.2, 0.25) is 0 Å². The van der Waals surface area contributed by atoms with E-state index >= 15 is 0 Å². The van der Waals surface area contributed by atoms with Gasteiger partial charge in [0.15, 0.2) is 6.29 Å². The largest absolute Gasteiger partial charge is 0.356 e. The van der Waals surface area contributed by atoms with Gasteiger partial charge in [-0.05, 0) is 12.3 Å². The topological polar surface area (TPSA) is 35.5 Å². The molecule has 3 nitrogen and oxygen atoms in total. The average Bonchev–Trinajstić information content (AvgIpc) is 2.47. The zero-order valence-corrected chi connectivity index (χ0v) is 7.71. The fourth-order valence-corrected chi connectivity index (χ4v) is 1.65. The average molecular weight is 172 g/mol. The molecule has 0 amide bonds. The number of carbonyl (C=O) groups is 1. The molecule has 0 aromatic heterocycles. The first-order chi connectivity index (χ1) is 5.76. The Morgan fingerprint density at radius 2 is 2.17 bits per heavy atom. The van der Waals surface area contributed by atoms with Crippen LogP contribution in [-0.2, 0) is 14.3 Å². The number of methoxy groups -OCH3 is 2. The molecule has 1 atom stereocenters. The molecule has 0 aromatic carbocycles. The van der Waals surface area contributed by atoms with E-state index < -0.39 is 0 Å². The van der Waals surface area contributed by atoms with Crippen molar-refractivity contribution in [1.82, 2.24) is 0 Å². The van der Waals surface area contributed by atoms with E-state index in [9.17, 15) is 4.79 Å². The Morgan fingerprint density at radius 3 is 2.58 bits per heavy atom. The second-order valence-corrected chi connectivity index (χ2v) is 3.28. The summed E-state index contributed by atoms with van der Waals surface area (Å²) in [4.78, 5) is 10.9. The summed E-state index contributed by atoms with van der Waals surface area (Å²) in [6.07, 6.45) is 3.16. The molecule has 1 aliphatic carbocycles. The van der Waals surface area contributed by atoms with Crippen LogP contribution in [0.3, 0.4) is 0 Å². The summed E-state index contributed by atoms with van der Waals surface area (Å²) >= 11 is 0. The summed E-state index contributed by atoms with van der Waals surface area (Å²) in [6.45, 7) is 0. The molecule has 0 aliphatic heterocycles. The minimum atomic E-state index is -0.138. The summed E-state index contributed by atoms with van der Waals surface area (Å²) in [5.41, 5.74) is 0. The molecule has 3 heteroatoms. The van der Waals surface area contributed by atoms with Crippen molar-refractivity contribution in [3.8, 4) is 0 Å². The molecule has 0 radical (unpaired) electrons. The summed E-state index contributed by atoms with van der Waals surface area (Å²) in [7, 11) is 3.26. The minimum absolute atomic E-state index is 0.138. The second kappa shape index (κ2) is 4.58. The van der Waals surface area contributed by atoms with Gasteiger partial charge >= 0.3 is 0 Å². The molecule has 0 spiro atoms. The lowest BCUT2D eigenvalue weighted by Crippen LogP contribution is -2.16. The van der Waals surface area contributed by atoms with Crippen molar-refractivity contribution in [2.45, 2.75) is 32.0 Å². The lowest BCUT2D eigenvalue weighted by Gasteiger charge is -2.16. The molecule has 1 aliphatic rings. The van der Waals surface area contributed by atoms with Crippen molar-refractivity contribution in [2.24, 2.45) is 5.92 Å². The number of rotatable bonds is 4. The SMILES string of the molecule is COC(C[C@H]1CCC(=O)C1)OC. The zero-order valence-electron chi connectivity index (χ0n) is 7.71. The normalized spacial score (nSPS) is 23.9. The molecular weight excluding hydrogens is 156 g/mol. The summed E-state index contributed by atoms with van der Waals surface area (Å²) < 4.78 is 10.1. The van der Waals surface area contributed by atoms with Gasteiger partial charge in [0.2, 0.25) is 0 Å². The van der Waals surface area contributed by atoms with Crippen molar-refractivity contribution in [3.05, 3.63) is 0 Å². The lowest BCUT2D eigenvalue weighted by atomic mass is 10.0. The molecular formula is C9H16O3. The lowest BCUT2D eigenvalue weighted by molar-refractivity contribution is -0.120. The highest BCUT2D eigenvalue weighted by atomic mass is 16.7. The summed E-state index contributed by atoms with van der Waals surface area (Å²) in [5, 5.41) is 0. The van der Waals surface area contributed by atoms with Crippen LogP contribution in [0.5, 0.6) is 0 Å². The van der Waals surface area contributed by atoms with Gasteiger partial charge in [0.25, 0.3) is 0 Å². The third-order valence-corrected chi connectivity index (χ3v) is 2.40. The van der Waals surface area contributed by atoms with Crippen LogP contribution in [0.15, 0.2) is 0 Å². The first-order valence-corrected chi connectivity index (χ1v) is 4.33. The minimum Gasteiger partial charge on any atom is -0.356 e. The molecule has 1 rings (SSSR count). The summed E-state index contributed by atoms with van der Waals surface area (Å²) in [6, 6.07) is 0. The van der Waals surface area contributed by atoms with Gasteiger partial charge in [0.1, 0.15) is 5.78 Å². The van der Waals surface area contributed by atoms with Gasteiger partial charge < -0.3 is 9.47 Å². The van der Waals surface area contributed by atoms with E-state index in [-0.39, 0.29) is 6.29 Å². The van der Waals surface area contributed by atoms with Crippen LogP contribution >= 0.6 is 0 Å². The molecule has 0 unspecified atom stereocenters. The van der Waals surface area contributed by atoms with E-state index in [4.69, 9.17) is 9.47 Å². The van der Waals surface area contributed by atoms with E-state index in [0.29, 0.717) is 18.1 Å². The Hall–Kier alpha value is -0.410. The van der Waals surface area contributed by atoms with Gasteiger partial charge in [-0.25, -0.2) is 0 Å². The molecule has 0 bridgehead atoms. The van der Waals surface area contributed by atoms with E-state index in [1.54, 1.807) is 14.2 Å². The molecule has 12 heavy (non-hydrogen) atoms. The van der Waals surface area contributed by atoms with Crippen LogP contribution in [0.1, 0.15) is 25.7 Å². The number of hydrogen-bond donors (Lipinski definition) is 0. The Morgan fingerprint density at radius 1 is 1.50 bits per heavy atom. The molecule has 0 heterocycles. The maximum absolute atomic E-state index is 10.9. The second-order valence-electron chi connectivity index (χ2n) is 3.28. The van der Waals surface area contributed by atoms with E-state index in [0.717, 1.165) is 19.3 Å². The zero-order chi connectivity index (χ0) is 8.97. The van der Waals surface area contributed by atoms with Crippen LogP contribution in [0.4, 0.5) is 0 Å². The Bertz CT molecular complexity index is 152. The van der Waals surface area contributed by atoms with Crippen LogP contribution < -0.4 is 0 Å². The highest BCUT2D eigenvalue weighted by molar-refractivity contribution is 5.80. The monoisotopic (exact) mass is 172 g/mol. The predicted molar refractivity (Wildman–Crippen MR) is 44.8 cm³/mol. The number of Topliss-reactive ketones (excluding diaryl/α,β-unsaturated/α-hetero) is 1. The Balaban J connectivity index is 2.26. The van der Waals surface area contributed by atoms with Crippen molar-refractivity contribution < 1.29 is 14.3 Å². The maximum Gasteiger partial charge on any atom is 0.157 e.